The van der Waals surface area contributed by atoms with E-state index in [1.165, 1.54) is 0 Å². The van der Waals surface area contributed by atoms with Crippen LogP contribution in [0.25, 0.3) is 11.0 Å². The molecule has 1 aromatic carbocycles. The average Bonchev–Trinajstić information content (AvgIpc) is 2.74. The van der Waals surface area contributed by atoms with E-state index in [9.17, 15) is 10.1 Å². The minimum atomic E-state index is -0.372. The van der Waals surface area contributed by atoms with E-state index in [2.05, 4.69) is 28.3 Å². The van der Waals surface area contributed by atoms with Crippen LogP contribution >= 0.6 is 0 Å². The molecule has 0 aliphatic carbocycles. The summed E-state index contributed by atoms with van der Waals surface area (Å²) in [4.78, 5) is 17.4. The lowest BCUT2D eigenvalue weighted by molar-refractivity contribution is -0.384. The van der Waals surface area contributed by atoms with Crippen LogP contribution in [-0.4, -0.2) is 32.5 Å². The smallest absolute Gasteiger partial charge is 0.271 e. The van der Waals surface area contributed by atoms with Gasteiger partial charge in [-0.05, 0) is 12.0 Å². The average molecular weight is 274 g/mol. The van der Waals surface area contributed by atoms with E-state index in [-0.39, 0.29) is 10.6 Å². The Bertz CT molecular complexity index is 662. The molecule has 0 unspecified atom stereocenters. The number of imidazole rings is 1. The number of aromatic nitrogens is 2. The molecular weight excluding hydrogens is 256 g/mol. The molecule has 0 saturated heterocycles. The third-order valence-corrected chi connectivity index (χ3v) is 3.65. The van der Waals surface area contributed by atoms with Gasteiger partial charge in [0.2, 0.25) is 0 Å². The Morgan fingerprint density at radius 2 is 2.20 bits per heavy atom. The van der Waals surface area contributed by atoms with Crippen molar-refractivity contribution in [3.8, 4) is 0 Å². The fourth-order valence-corrected chi connectivity index (χ4v) is 2.84. The van der Waals surface area contributed by atoms with E-state index in [1.54, 1.807) is 12.1 Å². The molecule has 0 fully saturated rings. The molecule has 1 aliphatic heterocycles. The molecule has 106 valence electrons. The van der Waals surface area contributed by atoms with Gasteiger partial charge in [0.05, 0.1) is 22.5 Å². The monoisotopic (exact) mass is 274 g/mol. The summed E-state index contributed by atoms with van der Waals surface area (Å²) in [6, 6.07) is 4.92. The van der Waals surface area contributed by atoms with Crippen molar-refractivity contribution in [3.05, 3.63) is 34.1 Å². The van der Waals surface area contributed by atoms with Gasteiger partial charge in [-0.3, -0.25) is 15.0 Å². The van der Waals surface area contributed by atoms with Gasteiger partial charge in [0.25, 0.3) is 5.69 Å². The predicted octanol–water partition coefficient (Wildman–Crippen LogP) is 2.42. The second-order valence-electron chi connectivity index (χ2n) is 5.74. The van der Waals surface area contributed by atoms with Crippen LogP contribution < -0.4 is 0 Å². The van der Waals surface area contributed by atoms with Crippen molar-refractivity contribution in [2.45, 2.75) is 26.9 Å². The molecule has 0 amide bonds. The topological polar surface area (TPSA) is 64.2 Å². The Morgan fingerprint density at radius 3 is 2.90 bits per heavy atom. The minimum absolute atomic E-state index is 0.104. The highest BCUT2D eigenvalue weighted by molar-refractivity contribution is 5.78. The molecule has 0 spiro atoms. The van der Waals surface area contributed by atoms with E-state index in [4.69, 9.17) is 0 Å². The van der Waals surface area contributed by atoms with Crippen LogP contribution in [0.1, 0.15) is 19.7 Å². The normalized spacial score (nSPS) is 15.8. The molecule has 1 aliphatic rings. The Balaban J connectivity index is 1.95. The van der Waals surface area contributed by atoms with Crippen molar-refractivity contribution in [2.75, 3.05) is 13.1 Å². The first kappa shape index (κ1) is 13.1. The number of non-ortho nitro benzene ring substituents is 1. The largest absolute Gasteiger partial charge is 0.326 e. The zero-order valence-electron chi connectivity index (χ0n) is 11.7. The molecule has 6 heteroatoms. The van der Waals surface area contributed by atoms with Gasteiger partial charge >= 0.3 is 0 Å². The number of nitrogens with zero attached hydrogens (tertiary/aromatic N) is 4. The molecule has 0 N–H and O–H groups in total. The van der Waals surface area contributed by atoms with Gasteiger partial charge < -0.3 is 4.57 Å². The third kappa shape index (κ3) is 2.27. The van der Waals surface area contributed by atoms with E-state index in [0.717, 1.165) is 43.0 Å². The van der Waals surface area contributed by atoms with Crippen molar-refractivity contribution < 1.29 is 4.92 Å². The minimum Gasteiger partial charge on any atom is -0.326 e. The number of nitro benzene ring substituents is 1. The first-order valence-corrected chi connectivity index (χ1v) is 6.90. The van der Waals surface area contributed by atoms with Gasteiger partial charge in [0.1, 0.15) is 5.82 Å². The number of hydrogen-bond donors (Lipinski definition) is 0. The second-order valence-corrected chi connectivity index (χ2v) is 5.74. The zero-order valence-corrected chi connectivity index (χ0v) is 11.7. The van der Waals surface area contributed by atoms with E-state index in [0.29, 0.717) is 5.92 Å². The summed E-state index contributed by atoms with van der Waals surface area (Å²) in [6.07, 6.45) is 0. The molecule has 2 heterocycles. The van der Waals surface area contributed by atoms with Crippen LogP contribution in [0, 0.1) is 16.0 Å². The van der Waals surface area contributed by atoms with E-state index < -0.39 is 0 Å². The molecule has 6 nitrogen and oxygen atoms in total. The summed E-state index contributed by atoms with van der Waals surface area (Å²) in [5.41, 5.74) is 1.82. The molecule has 1 aromatic heterocycles. The maximum Gasteiger partial charge on any atom is 0.271 e. The zero-order chi connectivity index (χ0) is 14.3. The Labute approximate surface area is 117 Å². The first-order chi connectivity index (χ1) is 9.54. The van der Waals surface area contributed by atoms with Crippen LogP contribution in [0.4, 0.5) is 5.69 Å². The van der Waals surface area contributed by atoms with Crippen molar-refractivity contribution in [2.24, 2.45) is 5.92 Å². The van der Waals surface area contributed by atoms with Crippen molar-refractivity contribution >= 4 is 16.7 Å². The molecular formula is C14H18N4O2. The van der Waals surface area contributed by atoms with Crippen LogP contribution in [0.15, 0.2) is 18.2 Å². The molecule has 3 rings (SSSR count). The predicted molar refractivity (Wildman–Crippen MR) is 76.5 cm³/mol. The Kier molecular flexibility index (Phi) is 3.17. The van der Waals surface area contributed by atoms with Gasteiger partial charge in [0, 0.05) is 31.8 Å². The second kappa shape index (κ2) is 4.86. The van der Waals surface area contributed by atoms with E-state index >= 15 is 0 Å². The lowest BCUT2D eigenvalue weighted by Gasteiger charge is -2.29. The van der Waals surface area contributed by atoms with E-state index in [1.807, 2.05) is 6.07 Å². The lowest BCUT2D eigenvalue weighted by Crippen LogP contribution is -2.36. The van der Waals surface area contributed by atoms with Crippen LogP contribution in [0.2, 0.25) is 0 Å². The van der Waals surface area contributed by atoms with Crippen molar-refractivity contribution in [3.63, 3.8) is 0 Å². The maximum atomic E-state index is 10.8. The van der Waals surface area contributed by atoms with Gasteiger partial charge in [-0.25, -0.2) is 4.98 Å². The van der Waals surface area contributed by atoms with Gasteiger partial charge in [-0.1, -0.05) is 13.8 Å². The molecule has 20 heavy (non-hydrogen) atoms. The summed E-state index contributed by atoms with van der Waals surface area (Å²) in [6.45, 7) is 8.20. The standard InChI is InChI=1S/C14H18N4O2/c1-10(2)8-16-5-6-17-13-4-3-11(18(19)20)7-12(13)15-14(17)9-16/h3-4,7,10H,5-6,8-9H2,1-2H3. The summed E-state index contributed by atoms with van der Waals surface area (Å²) < 4.78 is 2.18. The van der Waals surface area contributed by atoms with Gasteiger partial charge in [0.15, 0.2) is 0 Å². The van der Waals surface area contributed by atoms with Crippen molar-refractivity contribution in [1.82, 2.24) is 14.5 Å². The Hall–Kier alpha value is -1.95. The summed E-state index contributed by atoms with van der Waals surface area (Å²) >= 11 is 0. The van der Waals surface area contributed by atoms with Crippen LogP contribution in [-0.2, 0) is 13.1 Å². The summed E-state index contributed by atoms with van der Waals surface area (Å²) in [5.74, 6) is 1.64. The fourth-order valence-electron chi connectivity index (χ4n) is 2.84. The van der Waals surface area contributed by atoms with Gasteiger partial charge in [-0.2, -0.15) is 0 Å². The molecule has 0 radical (unpaired) electrons. The van der Waals surface area contributed by atoms with Crippen LogP contribution in [0.5, 0.6) is 0 Å². The summed E-state index contributed by atoms with van der Waals surface area (Å²) in [7, 11) is 0. The molecule has 2 aromatic rings. The number of fused-ring (bicyclic) bond motifs is 3. The summed E-state index contributed by atoms with van der Waals surface area (Å²) in [5, 5.41) is 10.8. The fraction of sp³-hybridized carbons (Fsp3) is 0.500. The van der Waals surface area contributed by atoms with Crippen molar-refractivity contribution in [1.29, 1.82) is 0 Å². The first-order valence-electron chi connectivity index (χ1n) is 6.90. The SMILES string of the molecule is CC(C)CN1CCn2c(nc3cc([N+](=O)[O-])ccc32)C1. The van der Waals surface area contributed by atoms with Crippen LogP contribution in [0.3, 0.4) is 0 Å². The Morgan fingerprint density at radius 1 is 1.40 bits per heavy atom. The highest BCUT2D eigenvalue weighted by atomic mass is 16.6. The molecule has 0 atom stereocenters. The number of benzene rings is 1. The van der Waals surface area contributed by atoms with Gasteiger partial charge in [-0.15, -0.1) is 0 Å². The number of nitro groups is 1. The highest BCUT2D eigenvalue weighted by Crippen LogP contribution is 2.24. The third-order valence-electron chi connectivity index (χ3n) is 3.65. The molecule has 0 saturated carbocycles. The number of rotatable bonds is 3. The quantitative estimate of drug-likeness (QED) is 0.637. The lowest BCUT2D eigenvalue weighted by atomic mass is 10.2. The molecule has 0 bridgehead atoms. The number of hydrogen-bond acceptors (Lipinski definition) is 4. The maximum absolute atomic E-state index is 10.8. The highest BCUT2D eigenvalue weighted by Gasteiger charge is 2.21.